The Morgan fingerprint density at radius 3 is 2.60 bits per heavy atom. The van der Waals surface area contributed by atoms with Crippen molar-refractivity contribution in [3.63, 3.8) is 0 Å². The fourth-order valence-electron chi connectivity index (χ4n) is 2.46. The summed E-state index contributed by atoms with van der Waals surface area (Å²) in [6, 6.07) is 9.11. The first-order valence-electron chi connectivity index (χ1n) is 7.83. The van der Waals surface area contributed by atoms with Crippen molar-refractivity contribution in [1.82, 2.24) is 5.32 Å². The summed E-state index contributed by atoms with van der Waals surface area (Å²) in [6.07, 6.45) is 3.41. The summed E-state index contributed by atoms with van der Waals surface area (Å²) in [5, 5.41) is 3.53. The largest absolute Gasteiger partial charge is 0.492 e. The average Bonchev–Trinajstić information content (AvgIpc) is 2.52. The molecule has 3 heteroatoms. The maximum Gasteiger partial charge on any atom is 0.119 e. The van der Waals surface area contributed by atoms with Gasteiger partial charge >= 0.3 is 0 Å². The summed E-state index contributed by atoms with van der Waals surface area (Å²) in [5.41, 5.74) is 1.39. The molecule has 1 aliphatic heterocycles. The van der Waals surface area contributed by atoms with Crippen LogP contribution < -0.4 is 10.1 Å². The lowest BCUT2D eigenvalue weighted by atomic mass is 9.99. The third-order valence-corrected chi connectivity index (χ3v) is 4.09. The summed E-state index contributed by atoms with van der Waals surface area (Å²) in [6.45, 7) is 7.87. The second-order valence-electron chi connectivity index (χ2n) is 5.57. The molecule has 0 aliphatic carbocycles. The lowest BCUT2D eigenvalue weighted by molar-refractivity contribution is 0.0770. The zero-order valence-corrected chi connectivity index (χ0v) is 12.7. The van der Waals surface area contributed by atoms with E-state index in [1.54, 1.807) is 0 Å². The van der Waals surface area contributed by atoms with E-state index in [1.807, 2.05) is 0 Å². The van der Waals surface area contributed by atoms with Gasteiger partial charge in [-0.15, -0.1) is 0 Å². The molecule has 2 rings (SSSR count). The number of nitrogens with one attached hydrogen (secondary N) is 1. The van der Waals surface area contributed by atoms with Crippen molar-refractivity contribution in [2.45, 2.75) is 45.1 Å². The molecule has 0 aromatic heterocycles. The quantitative estimate of drug-likeness (QED) is 0.775. The van der Waals surface area contributed by atoms with E-state index in [1.165, 1.54) is 12.0 Å². The van der Waals surface area contributed by atoms with Gasteiger partial charge in [-0.05, 0) is 42.9 Å². The van der Waals surface area contributed by atoms with Crippen molar-refractivity contribution in [1.29, 1.82) is 0 Å². The van der Waals surface area contributed by atoms with Crippen LogP contribution in [0.3, 0.4) is 0 Å². The maximum atomic E-state index is 5.77. The molecule has 0 spiro atoms. The molecule has 1 N–H and O–H groups in total. The zero-order valence-electron chi connectivity index (χ0n) is 12.7. The highest BCUT2D eigenvalue weighted by Gasteiger charge is 2.12. The molecule has 112 valence electrons. The van der Waals surface area contributed by atoms with E-state index in [0.29, 0.717) is 12.0 Å². The van der Waals surface area contributed by atoms with Gasteiger partial charge in [-0.1, -0.05) is 26.0 Å². The van der Waals surface area contributed by atoms with Gasteiger partial charge in [-0.2, -0.15) is 0 Å². The van der Waals surface area contributed by atoms with Crippen LogP contribution in [0.1, 0.15) is 44.6 Å². The van der Waals surface area contributed by atoms with E-state index in [2.05, 4.69) is 43.4 Å². The van der Waals surface area contributed by atoms with Crippen LogP contribution in [0, 0.1) is 0 Å². The van der Waals surface area contributed by atoms with E-state index >= 15 is 0 Å². The summed E-state index contributed by atoms with van der Waals surface area (Å²) < 4.78 is 11.1. The van der Waals surface area contributed by atoms with E-state index in [-0.39, 0.29) is 0 Å². The summed E-state index contributed by atoms with van der Waals surface area (Å²) >= 11 is 0. The van der Waals surface area contributed by atoms with E-state index in [4.69, 9.17) is 9.47 Å². The molecule has 3 nitrogen and oxygen atoms in total. The van der Waals surface area contributed by atoms with Gasteiger partial charge in [0, 0.05) is 25.8 Å². The Hall–Kier alpha value is -1.06. The predicted molar refractivity (Wildman–Crippen MR) is 82.5 cm³/mol. The zero-order chi connectivity index (χ0) is 14.2. The van der Waals surface area contributed by atoms with Crippen LogP contribution in [0.5, 0.6) is 5.75 Å². The molecule has 0 bridgehead atoms. The molecule has 1 atom stereocenters. The molecular formula is C17H27NO2. The van der Waals surface area contributed by atoms with Crippen LogP contribution in [-0.4, -0.2) is 32.4 Å². The van der Waals surface area contributed by atoms with Crippen molar-refractivity contribution in [2.75, 3.05) is 26.4 Å². The highest BCUT2D eigenvalue weighted by Crippen LogP contribution is 2.21. The second-order valence-corrected chi connectivity index (χ2v) is 5.57. The standard InChI is InChI=1S/C17H27NO2/c1-3-14(2)15-4-6-17(7-5-15)20-13-10-18-16-8-11-19-12-9-16/h4-7,14,16,18H,3,8-13H2,1-2H3. The van der Waals surface area contributed by atoms with Crippen molar-refractivity contribution < 1.29 is 9.47 Å². The molecule has 1 saturated heterocycles. The molecule has 0 saturated carbocycles. The van der Waals surface area contributed by atoms with Crippen molar-refractivity contribution in [3.05, 3.63) is 29.8 Å². The second kappa shape index (κ2) is 8.28. The topological polar surface area (TPSA) is 30.5 Å². The number of benzene rings is 1. The lowest BCUT2D eigenvalue weighted by Gasteiger charge is -2.23. The minimum absolute atomic E-state index is 0.597. The summed E-state index contributed by atoms with van der Waals surface area (Å²) in [5.74, 6) is 1.59. The average molecular weight is 277 g/mol. The molecule has 20 heavy (non-hydrogen) atoms. The van der Waals surface area contributed by atoms with Crippen molar-refractivity contribution in [3.8, 4) is 5.75 Å². The molecule has 0 radical (unpaired) electrons. The van der Waals surface area contributed by atoms with Gasteiger partial charge < -0.3 is 14.8 Å². The van der Waals surface area contributed by atoms with Crippen molar-refractivity contribution >= 4 is 0 Å². The number of ether oxygens (including phenoxy) is 2. The predicted octanol–water partition coefficient (Wildman–Crippen LogP) is 3.35. The summed E-state index contributed by atoms with van der Waals surface area (Å²) in [7, 11) is 0. The Bertz CT molecular complexity index is 371. The number of hydrogen-bond donors (Lipinski definition) is 1. The van der Waals surface area contributed by atoms with Gasteiger partial charge in [0.25, 0.3) is 0 Å². The molecule has 1 heterocycles. The smallest absolute Gasteiger partial charge is 0.119 e. The molecule has 1 fully saturated rings. The highest BCUT2D eigenvalue weighted by atomic mass is 16.5. The van der Waals surface area contributed by atoms with Gasteiger partial charge in [0.15, 0.2) is 0 Å². The first-order chi connectivity index (χ1) is 9.79. The van der Waals surface area contributed by atoms with Crippen LogP contribution in [0.25, 0.3) is 0 Å². The Kier molecular flexibility index (Phi) is 6.34. The molecular weight excluding hydrogens is 250 g/mol. The molecule has 1 aliphatic rings. The first kappa shape index (κ1) is 15.3. The van der Waals surface area contributed by atoms with Crippen LogP contribution >= 0.6 is 0 Å². The normalized spacial score (nSPS) is 17.9. The Labute approximate surface area is 122 Å². The van der Waals surface area contributed by atoms with E-state index in [9.17, 15) is 0 Å². The Morgan fingerprint density at radius 2 is 1.95 bits per heavy atom. The third kappa shape index (κ3) is 4.80. The fraction of sp³-hybridized carbons (Fsp3) is 0.647. The fourth-order valence-corrected chi connectivity index (χ4v) is 2.46. The van der Waals surface area contributed by atoms with E-state index < -0.39 is 0 Å². The van der Waals surface area contributed by atoms with Gasteiger partial charge in [0.1, 0.15) is 12.4 Å². The number of rotatable bonds is 7. The van der Waals surface area contributed by atoms with Gasteiger partial charge in [-0.25, -0.2) is 0 Å². The molecule has 1 aromatic rings. The van der Waals surface area contributed by atoms with Crippen LogP contribution in [0.4, 0.5) is 0 Å². The third-order valence-electron chi connectivity index (χ3n) is 4.09. The van der Waals surface area contributed by atoms with Gasteiger partial charge in [-0.3, -0.25) is 0 Å². The minimum Gasteiger partial charge on any atom is -0.492 e. The Morgan fingerprint density at radius 1 is 1.25 bits per heavy atom. The van der Waals surface area contributed by atoms with Gasteiger partial charge in [0.2, 0.25) is 0 Å². The minimum atomic E-state index is 0.597. The SMILES string of the molecule is CCC(C)c1ccc(OCCNC2CCOCC2)cc1. The molecule has 0 amide bonds. The van der Waals surface area contributed by atoms with Crippen LogP contribution in [0.15, 0.2) is 24.3 Å². The molecule has 1 unspecified atom stereocenters. The monoisotopic (exact) mass is 277 g/mol. The maximum absolute atomic E-state index is 5.77. The van der Waals surface area contributed by atoms with Gasteiger partial charge in [0.05, 0.1) is 0 Å². The van der Waals surface area contributed by atoms with E-state index in [0.717, 1.165) is 45.0 Å². The lowest BCUT2D eigenvalue weighted by Crippen LogP contribution is -2.37. The molecule has 1 aromatic carbocycles. The van der Waals surface area contributed by atoms with Crippen molar-refractivity contribution in [2.24, 2.45) is 0 Å². The highest BCUT2D eigenvalue weighted by molar-refractivity contribution is 5.29. The first-order valence-corrected chi connectivity index (χ1v) is 7.83. The Balaban J connectivity index is 1.66. The number of hydrogen-bond acceptors (Lipinski definition) is 3. The van der Waals surface area contributed by atoms with Crippen LogP contribution in [-0.2, 0) is 4.74 Å². The van der Waals surface area contributed by atoms with Crippen LogP contribution in [0.2, 0.25) is 0 Å². The summed E-state index contributed by atoms with van der Waals surface area (Å²) in [4.78, 5) is 0.